The van der Waals surface area contributed by atoms with Gasteiger partial charge in [-0.15, -0.1) is 0 Å². The molecule has 1 aromatic heterocycles. The van der Waals surface area contributed by atoms with Crippen molar-refractivity contribution in [1.29, 1.82) is 0 Å². The van der Waals surface area contributed by atoms with E-state index in [0.29, 0.717) is 6.42 Å². The molecule has 3 aromatic carbocycles. The minimum Gasteiger partial charge on any atom is -0.361 e. The van der Waals surface area contributed by atoms with E-state index < -0.39 is 29.8 Å². The molecule has 0 bridgehead atoms. The minimum absolute atomic E-state index is 0.0489. The lowest BCUT2D eigenvalue weighted by Gasteiger charge is -2.26. The number of benzene rings is 3. The van der Waals surface area contributed by atoms with Crippen molar-refractivity contribution in [1.82, 2.24) is 26.3 Å². The van der Waals surface area contributed by atoms with Gasteiger partial charge in [0, 0.05) is 49.5 Å². The second kappa shape index (κ2) is 13.6. The van der Waals surface area contributed by atoms with Crippen molar-refractivity contribution >= 4 is 34.5 Å². The van der Waals surface area contributed by atoms with Gasteiger partial charge in [0.2, 0.25) is 23.6 Å². The highest BCUT2D eigenvalue weighted by Gasteiger charge is 2.31. The number of nitrogens with one attached hydrogen (secondary N) is 5. The first-order valence-corrected chi connectivity index (χ1v) is 14.2. The Morgan fingerprint density at radius 2 is 1.19 bits per heavy atom. The maximum atomic E-state index is 13.9. The second-order valence-corrected chi connectivity index (χ2v) is 10.6. The fourth-order valence-corrected chi connectivity index (χ4v) is 5.31. The molecule has 1 aliphatic rings. The fourth-order valence-electron chi connectivity index (χ4n) is 5.31. The maximum Gasteiger partial charge on any atom is 0.243 e. The molecule has 5 rings (SSSR count). The first-order valence-electron chi connectivity index (χ1n) is 14.2. The Hall–Kier alpha value is -4.92. The largest absolute Gasteiger partial charge is 0.361 e. The summed E-state index contributed by atoms with van der Waals surface area (Å²) >= 11 is 0. The van der Waals surface area contributed by atoms with Gasteiger partial charge in [0.25, 0.3) is 0 Å². The van der Waals surface area contributed by atoms with Gasteiger partial charge in [0.1, 0.15) is 12.1 Å². The number of aromatic nitrogens is 1. The van der Waals surface area contributed by atoms with Crippen LogP contribution in [0.3, 0.4) is 0 Å². The van der Waals surface area contributed by atoms with Gasteiger partial charge in [-0.3, -0.25) is 19.2 Å². The zero-order chi connectivity index (χ0) is 29.3. The van der Waals surface area contributed by atoms with E-state index in [1.807, 2.05) is 91.1 Å². The molecule has 1 fully saturated rings. The van der Waals surface area contributed by atoms with Crippen LogP contribution < -0.4 is 21.3 Å². The molecular weight excluding hydrogens is 530 g/mol. The number of aromatic amines is 1. The zero-order valence-corrected chi connectivity index (χ0v) is 23.3. The summed E-state index contributed by atoms with van der Waals surface area (Å²) in [6, 6.07) is 24.8. The van der Waals surface area contributed by atoms with Crippen LogP contribution in [0.25, 0.3) is 10.9 Å². The molecule has 1 aliphatic heterocycles. The lowest BCUT2D eigenvalue weighted by atomic mass is 9.93. The molecule has 0 aliphatic carbocycles. The molecule has 9 nitrogen and oxygen atoms in total. The Balaban J connectivity index is 1.45. The van der Waals surface area contributed by atoms with Crippen molar-refractivity contribution in [2.45, 2.75) is 37.8 Å². The van der Waals surface area contributed by atoms with E-state index in [1.165, 1.54) is 0 Å². The molecule has 3 atom stereocenters. The third kappa shape index (κ3) is 7.42. The van der Waals surface area contributed by atoms with Crippen LogP contribution in [0.5, 0.6) is 0 Å². The topological polar surface area (TPSA) is 132 Å². The van der Waals surface area contributed by atoms with E-state index in [4.69, 9.17) is 0 Å². The number of hydrogen-bond donors (Lipinski definition) is 5. The lowest BCUT2D eigenvalue weighted by molar-refractivity contribution is -0.134. The summed E-state index contributed by atoms with van der Waals surface area (Å²) in [7, 11) is 0. The van der Waals surface area contributed by atoms with Crippen LogP contribution in [-0.2, 0) is 38.4 Å². The molecular formula is C33H35N5O4. The highest BCUT2D eigenvalue weighted by molar-refractivity contribution is 5.94. The first kappa shape index (κ1) is 28.6. The SMILES string of the molecule is O=C1C[C@@H](Cc2ccccc2)C(=O)N[C@@H](Cc2c[nH]c3ccccc23)C(=O)N[C@@H](Cc2ccccc2)C(=O)NCCN1. The second-order valence-electron chi connectivity index (χ2n) is 10.6. The van der Waals surface area contributed by atoms with Gasteiger partial charge in [-0.1, -0.05) is 78.9 Å². The minimum atomic E-state index is -0.980. The van der Waals surface area contributed by atoms with Crippen LogP contribution in [0, 0.1) is 5.92 Å². The van der Waals surface area contributed by atoms with Crippen LogP contribution in [0.15, 0.2) is 91.1 Å². The molecule has 0 spiro atoms. The Labute approximate surface area is 244 Å². The van der Waals surface area contributed by atoms with Crippen LogP contribution in [-0.4, -0.2) is 53.8 Å². The van der Waals surface area contributed by atoms with Gasteiger partial charge in [-0.25, -0.2) is 0 Å². The van der Waals surface area contributed by atoms with E-state index in [2.05, 4.69) is 26.3 Å². The number of rotatable bonds is 6. The number of H-pyrrole nitrogens is 1. The molecule has 1 saturated heterocycles. The van der Waals surface area contributed by atoms with Crippen molar-refractivity contribution in [3.05, 3.63) is 108 Å². The van der Waals surface area contributed by atoms with Crippen molar-refractivity contribution in [2.75, 3.05) is 13.1 Å². The molecule has 9 heteroatoms. The van der Waals surface area contributed by atoms with Crippen LogP contribution in [0.4, 0.5) is 0 Å². The summed E-state index contributed by atoms with van der Waals surface area (Å²) < 4.78 is 0. The fraction of sp³-hybridized carbons (Fsp3) is 0.273. The Morgan fingerprint density at radius 3 is 1.93 bits per heavy atom. The van der Waals surface area contributed by atoms with E-state index in [1.54, 1.807) is 0 Å². The smallest absolute Gasteiger partial charge is 0.243 e. The van der Waals surface area contributed by atoms with Crippen molar-refractivity contribution in [2.24, 2.45) is 5.92 Å². The predicted molar refractivity (Wildman–Crippen MR) is 160 cm³/mol. The summed E-state index contributed by atoms with van der Waals surface area (Å²) in [5.41, 5.74) is 3.57. The maximum absolute atomic E-state index is 13.9. The van der Waals surface area contributed by atoms with E-state index in [-0.39, 0.29) is 44.2 Å². The summed E-state index contributed by atoms with van der Waals surface area (Å²) in [4.78, 5) is 56.9. The summed E-state index contributed by atoms with van der Waals surface area (Å²) in [5, 5.41) is 12.4. The highest BCUT2D eigenvalue weighted by Crippen LogP contribution is 2.20. The predicted octanol–water partition coefficient (Wildman–Crippen LogP) is 2.42. The van der Waals surface area contributed by atoms with Crippen molar-refractivity contribution in [3.63, 3.8) is 0 Å². The molecule has 0 saturated carbocycles. The Kier molecular flexibility index (Phi) is 9.28. The lowest BCUT2D eigenvalue weighted by Crippen LogP contribution is -2.56. The average Bonchev–Trinajstić information content (AvgIpc) is 3.41. The zero-order valence-electron chi connectivity index (χ0n) is 23.3. The summed E-state index contributed by atoms with van der Waals surface area (Å²) in [6.45, 7) is 0.402. The Morgan fingerprint density at radius 1 is 0.595 bits per heavy atom. The van der Waals surface area contributed by atoms with Gasteiger partial charge in [0.15, 0.2) is 0 Å². The third-order valence-electron chi connectivity index (χ3n) is 7.52. The molecule has 0 unspecified atom stereocenters. The van der Waals surface area contributed by atoms with E-state index in [9.17, 15) is 19.2 Å². The normalized spacial score (nSPS) is 20.6. The van der Waals surface area contributed by atoms with Crippen LogP contribution in [0.1, 0.15) is 23.1 Å². The Bertz CT molecular complexity index is 1540. The van der Waals surface area contributed by atoms with Gasteiger partial charge < -0.3 is 26.3 Å². The summed E-state index contributed by atoms with van der Waals surface area (Å²) in [6.07, 6.45) is 2.60. The standard InChI is InChI=1S/C33H35N5O4/c39-30-20-24(17-22-9-3-1-4-10-22)31(40)37-29(19-25-21-36-27-14-8-7-13-26(25)27)33(42)38-28(32(41)35-16-15-34-30)18-23-11-5-2-6-12-23/h1-14,21,24,28-29,36H,15-20H2,(H,34,39)(H,35,41)(H,37,40)(H,38,42)/t24-,28+,29+/m1/s1. The molecule has 4 amide bonds. The first-order chi connectivity index (χ1) is 20.5. The summed E-state index contributed by atoms with van der Waals surface area (Å²) in [5.74, 6) is -2.21. The average molecular weight is 566 g/mol. The molecule has 42 heavy (non-hydrogen) atoms. The molecule has 2 heterocycles. The third-order valence-corrected chi connectivity index (χ3v) is 7.52. The van der Waals surface area contributed by atoms with Crippen molar-refractivity contribution < 1.29 is 19.2 Å². The van der Waals surface area contributed by atoms with Gasteiger partial charge >= 0.3 is 0 Å². The molecule has 5 N–H and O–H groups in total. The number of carbonyl (C=O) groups excluding carboxylic acids is 4. The highest BCUT2D eigenvalue weighted by atomic mass is 16.2. The number of amides is 4. The van der Waals surface area contributed by atoms with Gasteiger partial charge in [-0.05, 0) is 29.2 Å². The molecule has 216 valence electrons. The molecule has 0 radical (unpaired) electrons. The van der Waals surface area contributed by atoms with Crippen LogP contribution in [0.2, 0.25) is 0 Å². The number of fused-ring (bicyclic) bond motifs is 1. The van der Waals surface area contributed by atoms with Crippen LogP contribution >= 0.6 is 0 Å². The molecule has 4 aromatic rings. The van der Waals surface area contributed by atoms with E-state index in [0.717, 1.165) is 27.6 Å². The van der Waals surface area contributed by atoms with E-state index >= 15 is 0 Å². The number of carbonyl (C=O) groups is 4. The quantitative estimate of drug-likeness (QED) is 0.246. The van der Waals surface area contributed by atoms with Gasteiger partial charge in [0.05, 0.1) is 5.92 Å². The monoisotopic (exact) mass is 565 g/mol. The van der Waals surface area contributed by atoms with Crippen molar-refractivity contribution in [3.8, 4) is 0 Å². The number of para-hydroxylation sites is 1. The number of hydrogen-bond acceptors (Lipinski definition) is 4. The van der Waals surface area contributed by atoms with Gasteiger partial charge in [-0.2, -0.15) is 0 Å².